The summed E-state index contributed by atoms with van der Waals surface area (Å²) in [7, 11) is 1.66. The average molecular weight is 282 g/mol. The molecule has 1 aromatic rings. The Kier molecular flexibility index (Phi) is 3.63. The SMILES string of the molecule is CN(c1cc(Cl)nc(C(F)(F)F)n1)C1CCOC1. The normalized spacial score (nSPS) is 20.2. The number of hydrogen-bond acceptors (Lipinski definition) is 4. The van der Waals surface area contributed by atoms with Crippen molar-refractivity contribution in [3.63, 3.8) is 0 Å². The number of likely N-dealkylation sites (N-methyl/N-ethyl adjacent to an activating group) is 1. The fraction of sp³-hybridized carbons (Fsp3) is 0.600. The van der Waals surface area contributed by atoms with Gasteiger partial charge in [-0.2, -0.15) is 13.2 Å². The Morgan fingerprint density at radius 2 is 2.17 bits per heavy atom. The molecule has 2 heterocycles. The maximum Gasteiger partial charge on any atom is 0.451 e. The van der Waals surface area contributed by atoms with Crippen LogP contribution in [0.4, 0.5) is 19.0 Å². The van der Waals surface area contributed by atoms with E-state index in [0.717, 1.165) is 6.42 Å². The summed E-state index contributed by atoms with van der Waals surface area (Å²) >= 11 is 5.60. The summed E-state index contributed by atoms with van der Waals surface area (Å²) in [6.45, 7) is 1.07. The molecular formula is C10H11ClF3N3O. The average Bonchev–Trinajstić information content (AvgIpc) is 2.79. The van der Waals surface area contributed by atoms with Gasteiger partial charge in [-0.05, 0) is 6.42 Å². The Morgan fingerprint density at radius 3 is 2.72 bits per heavy atom. The van der Waals surface area contributed by atoms with Crippen molar-refractivity contribution in [3.8, 4) is 0 Å². The highest BCUT2D eigenvalue weighted by Crippen LogP contribution is 2.29. The summed E-state index contributed by atoms with van der Waals surface area (Å²) in [5.41, 5.74) is 0. The molecule has 1 aliphatic rings. The Labute approximate surface area is 107 Å². The van der Waals surface area contributed by atoms with Crippen molar-refractivity contribution >= 4 is 17.4 Å². The number of hydrogen-bond donors (Lipinski definition) is 0. The molecule has 0 aromatic carbocycles. The first kappa shape index (κ1) is 13.4. The van der Waals surface area contributed by atoms with E-state index in [1.807, 2.05) is 0 Å². The van der Waals surface area contributed by atoms with Crippen LogP contribution in [0.15, 0.2) is 6.07 Å². The van der Waals surface area contributed by atoms with Gasteiger partial charge in [0.25, 0.3) is 0 Å². The smallest absolute Gasteiger partial charge is 0.379 e. The second kappa shape index (κ2) is 4.89. The molecular weight excluding hydrogens is 271 g/mol. The van der Waals surface area contributed by atoms with Gasteiger partial charge in [0, 0.05) is 19.7 Å². The van der Waals surface area contributed by atoms with Crippen molar-refractivity contribution in [2.24, 2.45) is 0 Å². The van der Waals surface area contributed by atoms with Crippen LogP contribution in [0.1, 0.15) is 12.2 Å². The fourth-order valence-electron chi connectivity index (χ4n) is 1.73. The minimum atomic E-state index is -4.60. The third-order valence-electron chi connectivity index (χ3n) is 2.75. The van der Waals surface area contributed by atoms with Gasteiger partial charge in [-0.25, -0.2) is 9.97 Å². The molecule has 1 atom stereocenters. The van der Waals surface area contributed by atoms with Crippen LogP contribution in [0, 0.1) is 0 Å². The molecule has 1 fully saturated rings. The first-order valence-electron chi connectivity index (χ1n) is 5.30. The molecule has 4 nitrogen and oxygen atoms in total. The first-order chi connectivity index (χ1) is 8.38. The number of alkyl halides is 3. The second-order valence-corrected chi connectivity index (χ2v) is 4.39. The molecule has 0 spiro atoms. The van der Waals surface area contributed by atoms with Crippen LogP contribution in [-0.2, 0) is 10.9 Å². The molecule has 1 aliphatic heterocycles. The molecule has 18 heavy (non-hydrogen) atoms. The van der Waals surface area contributed by atoms with Crippen LogP contribution in [-0.4, -0.2) is 36.3 Å². The van der Waals surface area contributed by atoms with E-state index in [-0.39, 0.29) is 17.0 Å². The molecule has 1 unspecified atom stereocenters. The fourth-order valence-corrected chi connectivity index (χ4v) is 1.91. The quantitative estimate of drug-likeness (QED) is 0.780. The van der Waals surface area contributed by atoms with Gasteiger partial charge in [0.1, 0.15) is 11.0 Å². The summed E-state index contributed by atoms with van der Waals surface area (Å²) in [6.07, 6.45) is -3.86. The van der Waals surface area contributed by atoms with Crippen molar-refractivity contribution < 1.29 is 17.9 Å². The van der Waals surface area contributed by atoms with E-state index >= 15 is 0 Å². The number of rotatable bonds is 2. The summed E-state index contributed by atoms with van der Waals surface area (Å²) in [6, 6.07) is 1.33. The maximum absolute atomic E-state index is 12.6. The van der Waals surface area contributed by atoms with Gasteiger partial charge in [-0.15, -0.1) is 0 Å². The lowest BCUT2D eigenvalue weighted by molar-refractivity contribution is -0.144. The molecule has 100 valence electrons. The molecule has 0 amide bonds. The third kappa shape index (κ3) is 2.84. The Bertz CT molecular complexity index is 435. The molecule has 0 aliphatic carbocycles. The second-order valence-electron chi connectivity index (χ2n) is 4.00. The summed E-state index contributed by atoms with van der Waals surface area (Å²) in [5, 5.41) is -0.224. The van der Waals surface area contributed by atoms with Gasteiger partial charge in [0.05, 0.1) is 12.6 Å². The van der Waals surface area contributed by atoms with Crippen LogP contribution in [0.3, 0.4) is 0 Å². The number of ether oxygens (including phenoxy) is 1. The highest BCUT2D eigenvalue weighted by atomic mass is 35.5. The highest BCUT2D eigenvalue weighted by Gasteiger charge is 2.36. The largest absolute Gasteiger partial charge is 0.451 e. The van der Waals surface area contributed by atoms with E-state index in [9.17, 15) is 13.2 Å². The topological polar surface area (TPSA) is 38.2 Å². The van der Waals surface area contributed by atoms with Gasteiger partial charge in [-0.1, -0.05) is 11.6 Å². The van der Waals surface area contributed by atoms with E-state index in [2.05, 4.69) is 9.97 Å². The van der Waals surface area contributed by atoms with Crippen LogP contribution >= 0.6 is 11.6 Å². The third-order valence-corrected chi connectivity index (χ3v) is 2.94. The molecule has 2 rings (SSSR count). The monoisotopic (exact) mass is 281 g/mol. The van der Waals surface area contributed by atoms with E-state index in [0.29, 0.717) is 13.2 Å². The molecule has 1 saturated heterocycles. The van der Waals surface area contributed by atoms with Gasteiger partial charge in [0.2, 0.25) is 5.82 Å². The lowest BCUT2D eigenvalue weighted by Gasteiger charge is -2.24. The van der Waals surface area contributed by atoms with Crippen LogP contribution < -0.4 is 4.90 Å². The van der Waals surface area contributed by atoms with Crippen molar-refractivity contribution in [1.29, 1.82) is 0 Å². The van der Waals surface area contributed by atoms with Crippen molar-refractivity contribution in [1.82, 2.24) is 9.97 Å². The van der Waals surface area contributed by atoms with Gasteiger partial charge in [0.15, 0.2) is 0 Å². The Balaban J connectivity index is 2.29. The summed E-state index contributed by atoms with van der Waals surface area (Å²) < 4.78 is 42.9. The lowest BCUT2D eigenvalue weighted by atomic mass is 10.2. The lowest BCUT2D eigenvalue weighted by Crippen LogP contribution is -2.33. The molecule has 0 N–H and O–H groups in total. The molecule has 1 aromatic heterocycles. The van der Waals surface area contributed by atoms with Gasteiger partial charge >= 0.3 is 6.18 Å². The number of anilines is 1. The predicted molar refractivity (Wildman–Crippen MR) is 59.7 cm³/mol. The predicted octanol–water partition coefficient (Wildman–Crippen LogP) is 2.37. The van der Waals surface area contributed by atoms with Crippen LogP contribution in [0.25, 0.3) is 0 Å². The zero-order valence-corrected chi connectivity index (χ0v) is 10.3. The minimum absolute atomic E-state index is 0.0112. The molecule has 0 saturated carbocycles. The number of nitrogens with zero attached hydrogens (tertiary/aromatic N) is 3. The zero-order chi connectivity index (χ0) is 13.3. The number of aromatic nitrogens is 2. The van der Waals surface area contributed by atoms with Crippen molar-refractivity contribution in [2.45, 2.75) is 18.6 Å². The minimum Gasteiger partial charge on any atom is -0.379 e. The van der Waals surface area contributed by atoms with E-state index < -0.39 is 12.0 Å². The molecule has 8 heteroatoms. The maximum atomic E-state index is 12.6. The van der Waals surface area contributed by atoms with E-state index in [1.165, 1.54) is 6.07 Å². The number of halogens is 4. The van der Waals surface area contributed by atoms with E-state index in [1.54, 1.807) is 11.9 Å². The Hall–Kier alpha value is -1.08. The molecule has 0 radical (unpaired) electrons. The van der Waals surface area contributed by atoms with Crippen LogP contribution in [0.2, 0.25) is 5.15 Å². The summed E-state index contributed by atoms with van der Waals surface area (Å²) in [4.78, 5) is 8.32. The first-order valence-corrected chi connectivity index (χ1v) is 5.68. The standard InChI is InChI=1S/C10H11ClF3N3O/c1-17(6-2-3-18-5-6)8-4-7(11)15-9(16-8)10(12,13)14/h4,6H,2-3,5H2,1H3. The zero-order valence-electron chi connectivity index (χ0n) is 9.54. The summed E-state index contributed by atoms with van der Waals surface area (Å²) in [5.74, 6) is -1.08. The van der Waals surface area contributed by atoms with Gasteiger partial charge < -0.3 is 9.64 Å². The van der Waals surface area contributed by atoms with Gasteiger partial charge in [-0.3, -0.25) is 0 Å². The Morgan fingerprint density at radius 1 is 1.44 bits per heavy atom. The van der Waals surface area contributed by atoms with Crippen molar-refractivity contribution in [2.75, 3.05) is 25.2 Å². The van der Waals surface area contributed by atoms with Crippen LogP contribution in [0.5, 0.6) is 0 Å². The van der Waals surface area contributed by atoms with Crippen molar-refractivity contribution in [3.05, 3.63) is 17.0 Å². The highest BCUT2D eigenvalue weighted by molar-refractivity contribution is 6.29. The molecule has 0 bridgehead atoms. The van der Waals surface area contributed by atoms with E-state index in [4.69, 9.17) is 16.3 Å².